The molecule has 0 aromatic carbocycles. The van der Waals surface area contributed by atoms with E-state index in [0.29, 0.717) is 0 Å². The molecule has 0 fully saturated rings. The van der Waals surface area contributed by atoms with Crippen LogP contribution >= 0.6 is 8.58 Å². The molecule has 3 heteroatoms. The lowest BCUT2D eigenvalue weighted by atomic mass is 10.2. The Morgan fingerprint density at radius 3 is 2.50 bits per heavy atom. The van der Waals surface area contributed by atoms with Crippen molar-refractivity contribution >= 4 is 8.58 Å². The Hall–Kier alpha value is 0.350. The fraction of sp³-hybridized carbons (Fsp3) is 1.00. The van der Waals surface area contributed by atoms with Crippen molar-refractivity contribution in [2.45, 2.75) is 25.7 Å². The summed E-state index contributed by atoms with van der Waals surface area (Å²) in [6.45, 7) is 1.78. The Labute approximate surface area is 78.0 Å². The van der Waals surface area contributed by atoms with Crippen LogP contribution in [0, 0.1) is 0 Å². The number of rotatable bonds is 9. The van der Waals surface area contributed by atoms with Gasteiger partial charge in [0.05, 0.1) is 0 Å². The molecular weight excluding hydrogens is 169 g/mol. The predicted molar refractivity (Wildman–Crippen MR) is 57.4 cm³/mol. The average molecular weight is 191 g/mol. The third kappa shape index (κ3) is 10.3. The number of hydrogen-bond donors (Lipinski definition) is 1. The smallest absolute Gasteiger partial charge is 0.0465 e. The van der Waals surface area contributed by atoms with Crippen molar-refractivity contribution in [1.82, 2.24) is 0 Å². The highest BCUT2D eigenvalue weighted by atomic mass is 31.1. The van der Waals surface area contributed by atoms with Crippen molar-refractivity contribution in [3.63, 3.8) is 0 Å². The first-order valence-electron chi connectivity index (χ1n) is 4.81. The fourth-order valence-corrected chi connectivity index (χ4v) is 2.18. The second-order valence-corrected chi connectivity index (χ2v) is 4.45. The summed E-state index contributed by atoms with van der Waals surface area (Å²) in [6, 6.07) is 0. The minimum Gasteiger partial charge on any atom is -0.385 e. The zero-order valence-electron chi connectivity index (χ0n) is 8.14. The molecule has 0 bridgehead atoms. The van der Waals surface area contributed by atoms with Gasteiger partial charge in [-0.25, -0.2) is 0 Å². The Morgan fingerprint density at radius 1 is 1.08 bits per heavy atom. The highest BCUT2D eigenvalue weighted by molar-refractivity contribution is 7.37. The van der Waals surface area contributed by atoms with Crippen LogP contribution < -0.4 is 5.73 Å². The van der Waals surface area contributed by atoms with E-state index in [0.717, 1.165) is 21.7 Å². The topological polar surface area (TPSA) is 35.2 Å². The molecule has 0 saturated heterocycles. The van der Waals surface area contributed by atoms with Crippen molar-refractivity contribution < 1.29 is 4.74 Å². The van der Waals surface area contributed by atoms with E-state index in [1.807, 2.05) is 0 Å². The maximum absolute atomic E-state index is 5.39. The van der Waals surface area contributed by atoms with Gasteiger partial charge >= 0.3 is 0 Å². The monoisotopic (exact) mass is 191 g/mol. The highest BCUT2D eigenvalue weighted by Crippen LogP contribution is 2.14. The summed E-state index contributed by atoms with van der Waals surface area (Å²) in [4.78, 5) is 0. The van der Waals surface area contributed by atoms with Crippen LogP contribution in [0.1, 0.15) is 25.7 Å². The molecule has 2 nitrogen and oxygen atoms in total. The number of ether oxygens (including phenoxy) is 1. The molecule has 1 atom stereocenters. The zero-order chi connectivity index (χ0) is 9.07. The zero-order valence-corrected chi connectivity index (χ0v) is 9.14. The standard InChI is InChI=1S/C9H22NOP/c1-11-7-5-9-12-8-4-2-3-6-10/h12H,2-10H2,1H3. The van der Waals surface area contributed by atoms with E-state index in [2.05, 4.69) is 0 Å². The molecule has 0 spiro atoms. The van der Waals surface area contributed by atoms with Crippen LogP contribution in [0.2, 0.25) is 0 Å². The van der Waals surface area contributed by atoms with E-state index in [1.54, 1.807) is 7.11 Å². The minimum absolute atomic E-state index is 0.854. The van der Waals surface area contributed by atoms with E-state index in [1.165, 1.54) is 38.0 Å². The molecule has 0 aromatic rings. The maximum atomic E-state index is 5.39. The van der Waals surface area contributed by atoms with Crippen LogP contribution in [0.15, 0.2) is 0 Å². The van der Waals surface area contributed by atoms with E-state index in [9.17, 15) is 0 Å². The van der Waals surface area contributed by atoms with E-state index >= 15 is 0 Å². The molecule has 0 heterocycles. The fourth-order valence-electron chi connectivity index (χ4n) is 1.04. The molecule has 0 radical (unpaired) electrons. The molecule has 2 N–H and O–H groups in total. The third-order valence-corrected chi connectivity index (χ3v) is 3.17. The normalized spacial score (nSPS) is 11.5. The predicted octanol–water partition coefficient (Wildman–Crippen LogP) is 1.83. The van der Waals surface area contributed by atoms with Gasteiger partial charge in [-0.3, -0.25) is 0 Å². The third-order valence-electron chi connectivity index (χ3n) is 1.76. The summed E-state index contributed by atoms with van der Waals surface area (Å²) in [7, 11) is 2.90. The summed E-state index contributed by atoms with van der Waals surface area (Å²) in [5.74, 6) is 0. The summed E-state index contributed by atoms with van der Waals surface area (Å²) >= 11 is 0. The van der Waals surface area contributed by atoms with E-state index in [4.69, 9.17) is 10.5 Å². The van der Waals surface area contributed by atoms with Crippen molar-refractivity contribution in [2.24, 2.45) is 5.73 Å². The molecule has 0 aromatic heterocycles. The van der Waals surface area contributed by atoms with Crippen LogP contribution in [0.4, 0.5) is 0 Å². The molecule has 0 aliphatic rings. The van der Waals surface area contributed by atoms with Gasteiger partial charge in [0.25, 0.3) is 0 Å². The number of hydrogen-bond acceptors (Lipinski definition) is 2. The van der Waals surface area contributed by atoms with Crippen molar-refractivity contribution in [2.75, 3.05) is 32.6 Å². The molecule has 0 rings (SSSR count). The van der Waals surface area contributed by atoms with Gasteiger partial charge in [0, 0.05) is 13.7 Å². The van der Waals surface area contributed by atoms with Crippen molar-refractivity contribution in [3.05, 3.63) is 0 Å². The first-order chi connectivity index (χ1) is 5.91. The summed E-state index contributed by atoms with van der Waals surface area (Å²) in [6.07, 6.45) is 7.84. The van der Waals surface area contributed by atoms with E-state index in [-0.39, 0.29) is 0 Å². The lowest BCUT2D eigenvalue weighted by Gasteiger charge is -2.00. The van der Waals surface area contributed by atoms with Gasteiger partial charge in [-0.05, 0) is 38.1 Å². The van der Waals surface area contributed by atoms with Gasteiger partial charge < -0.3 is 10.5 Å². The first kappa shape index (κ1) is 12.3. The molecular formula is C9H22NOP. The minimum atomic E-state index is 0.854. The molecule has 0 aliphatic carbocycles. The second kappa shape index (κ2) is 11.4. The summed E-state index contributed by atoms with van der Waals surface area (Å²) in [5, 5.41) is 0. The Morgan fingerprint density at radius 2 is 1.83 bits per heavy atom. The molecule has 0 aliphatic heterocycles. The van der Waals surface area contributed by atoms with Gasteiger partial charge in [0.2, 0.25) is 0 Å². The highest BCUT2D eigenvalue weighted by Gasteiger charge is 1.89. The van der Waals surface area contributed by atoms with Crippen LogP contribution in [0.3, 0.4) is 0 Å². The largest absolute Gasteiger partial charge is 0.385 e. The van der Waals surface area contributed by atoms with Crippen molar-refractivity contribution in [3.8, 4) is 0 Å². The molecule has 0 amide bonds. The lowest BCUT2D eigenvalue weighted by molar-refractivity contribution is 0.200. The Balaban J connectivity index is 2.73. The number of methoxy groups -OCH3 is 1. The van der Waals surface area contributed by atoms with Crippen LogP contribution in [-0.2, 0) is 4.74 Å². The van der Waals surface area contributed by atoms with Gasteiger partial charge in [-0.1, -0.05) is 6.42 Å². The molecule has 0 saturated carbocycles. The molecule has 12 heavy (non-hydrogen) atoms. The van der Waals surface area contributed by atoms with Crippen molar-refractivity contribution in [1.29, 1.82) is 0 Å². The average Bonchev–Trinajstić information content (AvgIpc) is 2.10. The quantitative estimate of drug-likeness (QED) is 0.446. The maximum Gasteiger partial charge on any atom is 0.0465 e. The number of unbranched alkanes of at least 4 members (excludes halogenated alkanes) is 2. The summed E-state index contributed by atoms with van der Waals surface area (Å²) < 4.78 is 4.97. The Kier molecular flexibility index (Phi) is 11.7. The van der Waals surface area contributed by atoms with Crippen LogP contribution in [0.25, 0.3) is 0 Å². The van der Waals surface area contributed by atoms with Gasteiger partial charge in [0.1, 0.15) is 0 Å². The lowest BCUT2D eigenvalue weighted by Crippen LogP contribution is -1.98. The molecule has 74 valence electrons. The van der Waals surface area contributed by atoms with Gasteiger partial charge in [-0.2, -0.15) is 0 Å². The van der Waals surface area contributed by atoms with Crippen LogP contribution in [-0.4, -0.2) is 32.6 Å². The van der Waals surface area contributed by atoms with Crippen LogP contribution in [0.5, 0.6) is 0 Å². The summed E-state index contributed by atoms with van der Waals surface area (Å²) in [5.41, 5.74) is 5.39. The van der Waals surface area contributed by atoms with Gasteiger partial charge in [-0.15, -0.1) is 8.58 Å². The molecule has 1 unspecified atom stereocenters. The second-order valence-electron chi connectivity index (χ2n) is 2.95. The Bertz CT molecular complexity index is 70.9. The SMILES string of the molecule is COCCCPCCCCCN. The van der Waals surface area contributed by atoms with E-state index < -0.39 is 0 Å². The van der Waals surface area contributed by atoms with Gasteiger partial charge in [0.15, 0.2) is 0 Å². The number of nitrogens with two attached hydrogens (primary N) is 1. The first-order valence-corrected chi connectivity index (χ1v) is 6.23.